The molecule has 9 aliphatic heterocycles. The fraction of sp³-hybridized carbons (Fsp3) is 0.476. The number of methoxy groups -OCH3 is 1. The van der Waals surface area contributed by atoms with E-state index in [0.29, 0.717) is 149 Å². The molecule has 734 valence electrons. The lowest BCUT2D eigenvalue weighted by Gasteiger charge is -2.42. The zero-order valence-corrected chi connectivity index (χ0v) is 81.5. The molecular formula is C103H114Cl3F5N22O7. The van der Waals surface area contributed by atoms with Crippen molar-refractivity contribution in [3.05, 3.63) is 193 Å². The number of amides is 3. The van der Waals surface area contributed by atoms with Gasteiger partial charge in [-0.1, -0.05) is 108 Å². The number of ether oxygens (including phenoxy) is 4. The highest BCUT2D eigenvalue weighted by molar-refractivity contribution is 6.38. The van der Waals surface area contributed by atoms with Gasteiger partial charge in [-0.05, 0) is 161 Å². The molecule has 0 aliphatic carbocycles. The maximum absolute atomic E-state index is 13.8. The summed E-state index contributed by atoms with van der Waals surface area (Å²) < 4.78 is 92.3. The van der Waals surface area contributed by atoms with Gasteiger partial charge >= 0.3 is 24.2 Å². The van der Waals surface area contributed by atoms with Gasteiger partial charge in [0.25, 0.3) is 12.3 Å². The summed E-state index contributed by atoms with van der Waals surface area (Å²) in [5.41, 5.74) is 10.5. The number of nitrogens with zero attached hydrogens (tertiary/aromatic N) is 22. The van der Waals surface area contributed by atoms with Crippen LogP contribution in [-0.4, -0.2) is 304 Å². The topological polar surface area (TPSA) is 279 Å². The normalized spacial score (nSPS) is 21.7. The van der Waals surface area contributed by atoms with Gasteiger partial charge in [0.2, 0.25) is 11.8 Å². The Kier molecular flexibility index (Phi) is 30.0. The number of allylic oxidation sites excluding steroid dienone is 1. The molecule has 140 heavy (non-hydrogen) atoms. The van der Waals surface area contributed by atoms with Crippen molar-refractivity contribution in [2.45, 2.75) is 145 Å². The number of carbonyl (C=O) groups excluding carboxylic acids is 3. The van der Waals surface area contributed by atoms with Crippen molar-refractivity contribution in [1.29, 1.82) is 15.8 Å². The predicted octanol–water partition coefficient (Wildman–Crippen LogP) is 14.2. The van der Waals surface area contributed by atoms with Gasteiger partial charge in [-0.15, -0.1) is 0 Å². The Morgan fingerprint density at radius 2 is 0.986 bits per heavy atom. The summed E-state index contributed by atoms with van der Waals surface area (Å²) in [6, 6.07) is 38.8. The molecule has 0 N–H and O–H groups in total. The maximum Gasteiger partial charge on any atom is 0.401 e. The first-order valence-electron chi connectivity index (χ1n) is 48.0. The lowest BCUT2D eigenvalue weighted by Crippen LogP contribution is -2.56. The number of hydrogen-bond donors (Lipinski definition) is 0. The summed E-state index contributed by atoms with van der Waals surface area (Å²) in [5.74, 6) is 0.859. The highest BCUT2D eigenvalue weighted by Crippen LogP contribution is 2.47. The van der Waals surface area contributed by atoms with Gasteiger partial charge in [0.15, 0.2) is 0 Å². The number of carbonyl (C=O) groups is 3. The quantitative estimate of drug-likeness (QED) is 0.0311. The fourth-order valence-corrected chi connectivity index (χ4v) is 23.0. The number of piperazine rings is 3. The largest absolute Gasteiger partial charge is 0.462 e. The van der Waals surface area contributed by atoms with Gasteiger partial charge in [0.05, 0.1) is 121 Å². The molecule has 0 saturated carbocycles. The number of aromatic nitrogens is 6. The monoisotopic (exact) mass is 1970 g/mol. The third kappa shape index (κ3) is 21.3. The number of rotatable bonds is 29. The molecule has 9 aromatic rings. The van der Waals surface area contributed by atoms with Gasteiger partial charge in [-0.25, -0.2) is 8.78 Å². The predicted molar refractivity (Wildman–Crippen MR) is 530 cm³/mol. The van der Waals surface area contributed by atoms with Crippen molar-refractivity contribution in [2.24, 2.45) is 0 Å². The lowest BCUT2D eigenvalue weighted by molar-refractivity contribution is -0.142. The van der Waals surface area contributed by atoms with E-state index in [1.807, 2.05) is 54.6 Å². The number of hydrogen-bond acceptors (Lipinski definition) is 26. The van der Waals surface area contributed by atoms with Crippen LogP contribution in [0.3, 0.4) is 0 Å². The van der Waals surface area contributed by atoms with E-state index in [9.17, 15) is 52.1 Å². The maximum atomic E-state index is 13.8. The number of likely N-dealkylation sites (N-methyl/N-ethyl adjacent to an activating group) is 4. The molecule has 9 aliphatic rings. The molecule has 37 heteroatoms. The second-order valence-electron chi connectivity index (χ2n) is 38.3. The second kappa shape index (κ2) is 42.8. The molecule has 0 bridgehead atoms. The summed E-state index contributed by atoms with van der Waals surface area (Å²) >= 11 is 21.8. The number of likely N-dealkylation sites (tertiary alicyclic amines) is 3. The van der Waals surface area contributed by atoms with E-state index in [2.05, 4.69) is 132 Å². The summed E-state index contributed by atoms with van der Waals surface area (Å²) in [6.45, 7) is 11.7. The van der Waals surface area contributed by atoms with Crippen LogP contribution in [0.15, 0.2) is 134 Å². The van der Waals surface area contributed by atoms with Crippen molar-refractivity contribution >= 4 is 119 Å². The number of nitriles is 3. The molecular weight excluding hydrogens is 1860 g/mol. The van der Waals surface area contributed by atoms with Crippen molar-refractivity contribution in [2.75, 3.05) is 202 Å². The molecule has 8 atom stereocenters. The Balaban J connectivity index is 0.597. The zero-order chi connectivity index (χ0) is 97.9. The molecule has 6 fully saturated rings. The molecule has 3 amide bonds. The molecule has 6 saturated heterocycles. The van der Waals surface area contributed by atoms with Crippen LogP contribution < -0.4 is 43.6 Å². The first kappa shape index (κ1) is 98.2. The Bertz CT molecular complexity index is 6380. The zero-order valence-electron chi connectivity index (χ0n) is 79.2. The minimum atomic E-state index is -4.40. The smallest absolute Gasteiger partial charge is 0.401 e. The van der Waals surface area contributed by atoms with Crippen LogP contribution in [0.2, 0.25) is 15.1 Å². The number of anilines is 6. The average molecular weight is 1970 g/mol. The first-order chi connectivity index (χ1) is 67.6. The Morgan fingerprint density at radius 1 is 0.521 bits per heavy atom. The average Bonchev–Trinajstić information content (AvgIpc) is 1.54. The SMILES string of the molecule is C=C(COC)C(=O)N1CCN(c2nc(OC[C@@H]3CCCN3C)nc3c2CCN(c2cc(C4C[C@@H](COc5nc6c(c(N7CCN(C(=O)/C=C/C(F)F)[C@@H](CC#N)C7)n5)CCN(c5ccc(C7C[C@@H](COc8nc9c(c(N%10CCN(C(=O)/C=C/CN(C)CC(F)(F)F)[C@@H](CC#N)C%10)n8)CCN(c8cccc%10cccc(Cl)c8%10)C9)N(C)C7)c7cccc(Cl)c57)C6)N(C)C4)cc4cccc(Cl)c24)C3)C[C@@H]1CC#N. The van der Waals surface area contributed by atoms with Gasteiger partial charge in [-0.2, -0.15) is 58.9 Å². The van der Waals surface area contributed by atoms with Gasteiger partial charge < -0.3 is 67.9 Å². The summed E-state index contributed by atoms with van der Waals surface area (Å²) in [4.78, 5) is 98.7. The highest BCUT2D eigenvalue weighted by Gasteiger charge is 2.43. The fourth-order valence-electron chi connectivity index (χ4n) is 22.2. The molecule has 0 spiro atoms. The molecule has 18 rings (SSSR count). The Hall–Kier alpha value is -12.0. The van der Waals surface area contributed by atoms with Crippen LogP contribution in [0.25, 0.3) is 32.3 Å². The number of halogens is 8. The molecule has 12 heterocycles. The summed E-state index contributed by atoms with van der Waals surface area (Å²) in [6.07, 6.45) is 2.16. The van der Waals surface area contributed by atoms with E-state index in [-0.39, 0.29) is 132 Å². The van der Waals surface area contributed by atoms with E-state index >= 15 is 0 Å². The van der Waals surface area contributed by atoms with E-state index in [1.165, 1.54) is 31.2 Å². The molecule has 3 aromatic heterocycles. The van der Waals surface area contributed by atoms with Crippen LogP contribution in [0.4, 0.5) is 56.5 Å². The van der Waals surface area contributed by atoms with Crippen molar-refractivity contribution < 1.29 is 55.3 Å². The van der Waals surface area contributed by atoms with Gasteiger partial charge in [-0.3, -0.25) is 29.1 Å². The van der Waals surface area contributed by atoms with Gasteiger partial charge in [0.1, 0.15) is 37.3 Å². The van der Waals surface area contributed by atoms with E-state index in [0.717, 1.165) is 137 Å². The second-order valence-corrected chi connectivity index (χ2v) is 39.5. The van der Waals surface area contributed by atoms with Crippen LogP contribution in [0.5, 0.6) is 18.0 Å². The lowest BCUT2D eigenvalue weighted by atomic mass is 9.90. The standard InChI is InChI=1S/C103H114Cl3F5N22O7/c1-64(59-137-6)99(136)133-46-43-130(55-72(133)29-35-114)98-80-32-40-127(58-86(80)117-100(118-98)138-60-73-16-11-37-122(73)3)89-50-67(47-66-15-8-19-82(105)94(66)89)68-48-74(123(4)51-68)61-139-101-116-85-57-126(39-31-79(85)97(119-101)129-42-45-132(71(54-129)28-34-113)92(135)26-25-90(107)108)88-24-23-76(77-17-10-20-83(106)95(77)88)69-49-75(124(5)52-69)62-140-102-115-84-56-125(87-21-9-14-65-13-7-18-81(104)93(65)87)38-30-78(84)96(120-102)128-41-44-131(70(53-128)27-33-112)91(134)22-12-36-121(2)63-103(109,110)111/h7-10,12-15,17-26,47,50,68-75,90H,1,11,16,27-32,36-46,48-49,51-63H2,2-6H3/b22-12+,26-25+/t68?,69?,70-,71-,72-,73-,74-,75-/m0/s1. The highest BCUT2D eigenvalue weighted by atomic mass is 35.5. The summed E-state index contributed by atoms with van der Waals surface area (Å²) in [7, 11) is 9.17. The first-order valence-corrected chi connectivity index (χ1v) is 49.2. The minimum Gasteiger partial charge on any atom is -0.462 e. The number of alkyl halides is 5. The van der Waals surface area contributed by atoms with E-state index in [4.69, 9.17) is 83.7 Å². The number of fused-ring (bicyclic) bond motifs is 6. The van der Waals surface area contributed by atoms with Crippen molar-refractivity contribution in [3.63, 3.8) is 0 Å². The molecule has 0 radical (unpaired) electrons. The minimum absolute atomic E-state index is 0.00880. The van der Waals surface area contributed by atoms with Crippen molar-refractivity contribution in [3.8, 4) is 36.2 Å². The summed E-state index contributed by atoms with van der Waals surface area (Å²) in [5, 5.41) is 38.1. The Labute approximate surface area is 826 Å². The van der Waals surface area contributed by atoms with Crippen molar-refractivity contribution in [1.82, 2.24) is 64.2 Å². The Morgan fingerprint density at radius 3 is 1.50 bits per heavy atom. The van der Waals surface area contributed by atoms with Crippen LogP contribution in [0, 0.1) is 34.0 Å². The third-order valence-electron chi connectivity index (χ3n) is 29.3. The van der Waals surface area contributed by atoms with E-state index in [1.54, 1.807) is 9.80 Å². The van der Waals surface area contributed by atoms with Crippen LogP contribution in [0.1, 0.15) is 102 Å². The van der Waals surface area contributed by atoms with Crippen LogP contribution >= 0.6 is 34.8 Å². The third-order valence-corrected chi connectivity index (χ3v) is 30.3. The molecule has 29 nitrogen and oxygen atoms in total. The van der Waals surface area contributed by atoms with Gasteiger partial charge in [0, 0.05) is 191 Å². The molecule has 2 unspecified atom stereocenters. The molecule has 6 aromatic carbocycles. The van der Waals surface area contributed by atoms with E-state index < -0.39 is 49.1 Å². The van der Waals surface area contributed by atoms with Crippen LogP contribution in [-0.2, 0) is 58.0 Å². The number of benzene rings is 6.